The molecule has 0 fully saturated rings. The molecule has 0 rings (SSSR count). The van der Waals surface area contributed by atoms with E-state index in [2.05, 4.69) is 4.90 Å². The van der Waals surface area contributed by atoms with Crippen LogP contribution in [-0.2, 0) is 13.9 Å². The summed E-state index contributed by atoms with van der Waals surface area (Å²) in [5, 5.41) is 9.29. The molecule has 0 heterocycles. The molecule has 0 aliphatic carbocycles. The third kappa shape index (κ3) is 9.83. The molecule has 0 aromatic rings. The van der Waals surface area contributed by atoms with Crippen molar-refractivity contribution in [2.24, 2.45) is 5.92 Å². The van der Waals surface area contributed by atoms with Crippen LogP contribution in [0.25, 0.3) is 0 Å². The second kappa shape index (κ2) is 10.1. The first-order chi connectivity index (χ1) is 9.70. The van der Waals surface area contributed by atoms with Crippen molar-refractivity contribution in [2.45, 2.75) is 33.6 Å². The predicted molar refractivity (Wildman–Crippen MR) is 87.3 cm³/mol. The summed E-state index contributed by atoms with van der Waals surface area (Å²) in [5.74, 6) is -0.783. The molecule has 0 aliphatic rings. The predicted octanol–water partition coefficient (Wildman–Crippen LogP) is 3.31. The average molecular weight is 319 g/mol. The van der Waals surface area contributed by atoms with Gasteiger partial charge in [0, 0.05) is 11.7 Å². The summed E-state index contributed by atoms with van der Waals surface area (Å²) in [4.78, 5) is 13.4. The van der Waals surface area contributed by atoms with Crippen molar-refractivity contribution in [3.05, 3.63) is 11.6 Å². The van der Waals surface area contributed by atoms with Gasteiger partial charge in [-0.15, -0.1) is 0 Å². The summed E-state index contributed by atoms with van der Waals surface area (Å²) in [6, 6.07) is 0. The minimum absolute atomic E-state index is 0.0241. The zero-order chi connectivity index (χ0) is 16.5. The van der Waals surface area contributed by atoms with E-state index in [1.54, 1.807) is 13.0 Å². The van der Waals surface area contributed by atoms with Crippen LogP contribution in [0.4, 0.5) is 0 Å². The summed E-state index contributed by atoms with van der Waals surface area (Å²) < 4.78 is 18.2. The van der Waals surface area contributed by atoms with E-state index >= 15 is 0 Å². The van der Waals surface area contributed by atoms with Crippen LogP contribution >= 0.6 is 7.37 Å². The number of carboxylic acids is 1. The van der Waals surface area contributed by atoms with Gasteiger partial charge in [-0.2, -0.15) is 0 Å². The molecule has 0 aromatic carbocycles. The molecular formula is C15H30NO4P. The highest BCUT2D eigenvalue weighted by molar-refractivity contribution is 7.59. The van der Waals surface area contributed by atoms with Crippen molar-refractivity contribution in [1.29, 1.82) is 0 Å². The normalized spacial score (nSPS) is 15.5. The Morgan fingerprint density at radius 2 is 2.00 bits per heavy atom. The van der Waals surface area contributed by atoms with Gasteiger partial charge in [-0.3, -0.25) is 4.57 Å². The topological polar surface area (TPSA) is 66.8 Å². The van der Waals surface area contributed by atoms with Gasteiger partial charge in [0.25, 0.3) is 0 Å². The largest absolute Gasteiger partial charge is 0.478 e. The van der Waals surface area contributed by atoms with Gasteiger partial charge in [-0.1, -0.05) is 19.9 Å². The molecular weight excluding hydrogens is 289 g/mol. The van der Waals surface area contributed by atoms with Gasteiger partial charge in [0.1, 0.15) is 0 Å². The Morgan fingerprint density at radius 1 is 1.38 bits per heavy atom. The zero-order valence-corrected chi connectivity index (χ0v) is 14.9. The minimum Gasteiger partial charge on any atom is -0.478 e. The van der Waals surface area contributed by atoms with Crippen LogP contribution < -0.4 is 0 Å². The Kier molecular flexibility index (Phi) is 9.84. The van der Waals surface area contributed by atoms with Crippen LogP contribution in [0.1, 0.15) is 33.6 Å². The second-order valence-electron chi connectivity index (χ2n) is 5.95. The molecule has 21 heavy (non-hydrogen) atoms. The summed E-state index contributed by atoms with van der Waals surface area (Å²) in [7, 11) is 1.05. The highest BCUT2D eigenvalue weighted by Crippen LogP contribution is 2.50. The summed E-state index contributed by atoms with van der Waals surface area (Å²) in [6.07, 6.45) is 3.69. The fourth-order valence-corrected chi connectivity index (χ4v) is 4.81. The van der Waals surface area contributed by atoms with Crippen LogP contribution in [0.5, 0.6) is 0 Å². The number of carboxylic acid groups (broad SMARTS) is 1. The second-order valence-corrected chi connectivity index (χ2v) is 8.52. The lowest BCUT2D eigenvalue weighted by molar-refractivity contribution is -0.132. The molecule has 0 amide bonds. The maximum Gasteiger partial charge on any atom is 0.331 e. The minimum atomic E-state index is -2.91. The molecule has 0 aliphatic heterocycles. The maximum atomic E-state index is 12.7. The first-order valence-corrected chi connectivity index (χ1v) is 9.49. The van der Waals surface area contributed by atoms with Crippen LogP contribution in [0.15, 0.2) is 11.6 Å². The smallest absolute Gasteiger partial charge is 0.331 e. The molecule has 0 spiro atoms. The van der Waals surface area contributed by atoms with E-state index in [0.29, 0.717) is 19.2 Å². The van der Waals surface area contributed by atoms with Crippen molar-refractivity contribution in [2.75, 3.05) is 39.6 Å². The van der Waals surface area contributed by atoms with E-state index in [-0.39, 0.29) is 17.7 Å². The van der Waals surface area contributed by atoms with E-state index in [0.717, 1.165) is 13.0 Å². The van der Waals surface area contributed by atoms with Gasteiger partial charge in [0.2, 0.25) is 7.37 Å². The van der Waals surface area contributed by atoms with Crippen molar-refractivity contribution < 1.29 is 19.0 Å². The number of allylic oxidation sites excluding steroid dienone is 1. The average Bonchev–Trinajstić information content (AvgIpc) is 2.31. The maximum absolute atomic E-state index is 12.7. The molecule has 0 saturated heterocycles. The van der Waals surface area contributed by atoms with Crippen molar-refractivity contribution in [3.8, 4) is 0 Å². The molecule has 5 nitrogen and oxygen atoms in total. The van der Waals surface area contributed by atoms with Gasteiger partial charge >= 0.3 is 5.97 Å². The third-order valence-electron chi connectivity index (χ3n) is 2.89. The van der Waals surface area contributed by atoms with Crippen LogP contribution in [0.3, 0.4) is 0 Å². The van der Waals surface area contributed by atoms with E-state index in [4.69, 9.17) is 4.52 Å². The zero-order valence-electron chi connectivity index (χ0n) is 14.0. The number of hydrogen-bond acceptors (Lipinski definition) is 4. The van der Waals surface area contributed by atoms with Gasteiger partial charge in [0.15, 0.2) is 0 Å². The number of hydrogen-bond donors (Lipinski definition) is 1. The highest BCUT2D eigenvalue weighted by Gasteiger charge is 2.27. The lowest BCUT2D eigenvalue weighted by Crippen LogP contribution is -2.13. The van der Waals surface area contributed by atoms with Crippen LogP contribution in [0.2, 0.25) is 0 Å². The van der Waals surface area contributed by atoms with Crippen LogP contribution in [0, 0.1) is 5.92 Å². The number of rotatable bonds is 11. The highest BCUT2D eigenvalue weighted by atomic mass is 31.2. The van der Waals surface area contributed by atoms with E-state index in [1.807, 2.05) is 27.9 Å². The van der Waals surface area contributed by atoms with E-state index in [9.17, 15) is 14.5 Å². The van der Waals surface area contributed by atoms with E-state index < -0.39 is 13.3 Å². The molecule has 1 N–H and O–H groups in total. The fourth-order valence-electron chi connectivity index (χ4n) is 2.12. The fraction of sp³-hybridized carbons (Fsp3) is 0.800. The molecule has 124 valence electrons. The number of unbranched alkanes of at least 4 members (excludes halogenated alkanes) is 1. The molecule has 0 radical (unpaired) electrons. The molecule has 0 aromatic heterocycles. The van der Waals surface area contributed by atoms with Gasteiger partial charge in [-0.05, 0) is 46.3 Å². The number of nitrogens with zero attached hydrogens (tertiary/aromatic N) is 1. The van der Waals surface area contributed by atoms with Gasteiger partial charge in [-0.25, -0.2) is 4.79 Å². The first-order valence-electron chi connectivity index (χ1n) is 7.50. The third-order valence-corrected chi connectivity index (χ3v) is 5.73. The molecule has 0 saturated carbocycles. The Balaban J connectivity index is 4.82. The van der Waals surface area contributed by atoms with Crippen molar-refractivity contribution >= 4 is 13.3 Å². The van der Waals surface area contributed by atoms with E-state index in [1.165, 1.54) is 0 Å². The molecule has 0 bridgehead atoms. The molecule has 6 heteroatoms. The summed E-state index contributed by atoms with van der Waals surface area (Å²) >= 11 is 0. The standard InChI is InChI=1S/C15H30NO4P/c1-6-20-21(19,11-13(2)3)12-14(15(17)18)9-7-8-10-16(4)5/h9,13H,6-8,10-12H2,1-5H3,(H,17,18). The Morgan fingerprint density at radius 3 is 2.43 bits per heavy atom. The summed E-state index contributed by atoms with van der Waals surface area (Å²) in [5.41, 5.74) is 0.214. The monoisotopic (exact) mass is 319 g/mol. The Bertz CT molecular complexity index is 391. The van der Waals surface area contributed by atoms with Gasteiger partial charge in [0.05, 0.1) is 12.8 Å². The number of aliphatic carboxylic acids is 1. The lowest BCUT2D eigenvalue weighted by Gasteiger charge is -2.20. The Labute approximate surface area is 128 Å². The van der Waals surface area contributed by atoms with Gasteiger partial charge < -0.3 is 14.5 Å². The Hall–Kier alpha value is -0.640. The molecule has 1 unspecified atom stereocenters. The summed E-state index contributed by atoms with van der Waals surface area (Å²) in [6.45, 7) is 6.96. The van der Waals surface area contributed by atoms with Crippen LogP contribution in [-0.4, -0.2) is 55.5 Å². The SMILES string of the molecule is CCOP(=O)(CC(=CCCCN(C)C)C(=O)O)CC(C)C. The molecule has 1 atom stereocenters. The number of carbonyl (C=O) groups is 1. The van der Waals surface area contributed by atoms with Crippen molar-refractivity contribution in [1.82, 2.24) is 4.90 Å². The van der Waals surface area contributed by atoms with Crippen molar-refractivity contribution in [3.63, 3.8) is 0 Å². The lowest BCUT2D eigenvalue weighted by atomic mass is 10.2. The first kappa shape index (κ1) is 20.4. The quantitative estimate of drug-likeness (QED) is 0.359.